The molecule has 0 aliphatic rings. The Balaban J connectivity index is 2.15. The van der Waals surface area contributed by atoms with Gasteiger partial charge in [-0.1, -0.05) is 18.7 Å². The summed E-state index contributed by atoms with van der Waals surface area (Å²) in [6, 6.07) is 1.82. The SMILES string of the molecule is CCC(C)OC(=O)C(C)Sc1nc2sc(C)cc2c(=O)[nH]1. The number of carbonyl (C=O) groups is 1. The van der Waals surface area contributed by atoms with E-state index in [4.69, 9.17) is 4.74 Å². The molecular weight excluding hydrogens is 308 g/mol. The minimum absolute atomic E-state index is 0.102. The number of thioether (sulfide) groups is 1. The third kappa shape index (κ3) is 3.85. The second kappa shape index (κ2) is 6.62. The molecule has 0 amide bonds. The van der Waals surface area contributed by atoms with E-state index in [2.05, 4.69) is 9.97 Å². The lowest BCUT2D eigenvalue weighted by molar-refractivity contribution is -0.147. The summed E-state index contributed by atoms with van der Waals surface area (Å²) in [4.78, 5) is 32.7. The molecule has 5 nitrogen and oxygen atoms in total. The molecule has 0 radical (unpaired) electrons. The minimum Gasteiger partial charge on any atom is -0.462 e. The molecule has 0 spiro atoms. The van der Waals surface area contributed by atoms with Gasteiger partial charge in [0.1, 0.15) is 10.1 Å². The van der Waals surface area contributed by atoms with Crippen molar-refractivity contribution in [2.24, 2.45) is 0 Å². The topological polar surface area (TPSA) is 72.0 Å². The number of aryl methyl sites for hydroxylation is 1. The number of hydrogen-bond acceptors (Lipinski definition) is 6. The van der Waals surface area contributed by atoms with Crippen LogP contribution in [0, 0.1) is 6.92 Å². The fourth-order valence-electron chi connectivity index (χ4n) is 1.68. The maximum Gasteiger partial charge on any atom is 0.319 e. The molecule has 1 N–H and O–H groups in total. The van der Waals surface area contributed by atoms with E-state index in [0.717, 1.165) is 11.3 Å². The zero-order valence-corrected chi connectivity index (χ0v) is 14.1. The fourth-order valence-corrected chi connectivity index (χ4v) is 3.40. The molecule has 0 bridgehead atoms. The molecule has 2 heterocycles. The van der Waals surface area contributed by atoms with Gasteiger partial charge in [-0.2, -0.15) is 0 Å². The number of aromatic nitrogens is 2. The monoisotopic (exact) mass is 326 g/mol. The standard InChI is InChI=1S/C14H18N2O3S2/c1-5-7(2)19-13(18)9(4)21-14-15-11(17)10-6-8(3)20-12(10)16-14/h6-7,9H,5H2,1-4H3,(H,15,16,17). The number of hydrogen-bond donors (Lipinski definition) is 1. The molecular formula is C14H18N2O3S2. The summed E-state index contributed by atoms with van der Waals surface area (Å²) < 4.78 is 5.28. The number of fused-ring (bicyclic) bond motifs is 1. The molecule has 7 heteroatoms. The fraction of sp³-hybridized carbons (Fsp3) is 0.500. The second-order valence-electron chi connectivity index (χ2n) is 4.86. The summed E-state index contributed by atoms with van der Waals surface area (Å²) in [5, 5.41) is 0.625. The smallest absolute Gasteiger partial charge is 0.319 e. The van der Waals surface area contributed by atoms with Gasteiger partial charge in [-0.15, -0.1) is 11.3 Å². The number of thiophene rings is 1. The Hall–Kier alpha value is -1.34. The highest BCUT2D eigenvalue weighted by molar-refractivity contribution is 8.00. The third-order valence-electron chi connectivity index (χ3n) is 3.02. The number of H-pyrrole nitrogens is 1. The molecule has 0 aromatic carbocycles. The van der Waals surface area contributed by atoms with Crippen molar-refractivity contribution in [2.75, 3.05) is 0 Å². The van der Waals surface area contributed by atoms with E-state index >= 15 is 0 Å². The number of ether oxygens (including phenoxy) is 1. The number of nitrogens with zero attached hydrogens (tertiary/aromatic N) is 1. The van der Waals surface area contributed by atoms with Gasteiger partial charge >= 0.3 is 5.97 Å². The van der Waals surface area contributed by atoms with Crippen LogP contribution in [0.15, 0.2) is 16.0 Å². The van der Waals surface area contributed by atoms with Crippen molar-refractivity contribution in [3.8, 4) is 0 Å². The predicted octanol–water partition coefficient (Wildman–Crippen LogP) is 3.12. The zero-order valence-electron chi connectivity index (χ0n) is 12.4. The summed E-state index contributed by atoms with van der Waals surface area (Å²) >= 11 is 2.68. The summed E-state index contributed by atoms with van der Waals surface area (Å²) in [6.07, 6.45) is 0.675. The van der Waals surface area contributed by atoms with Crippen LogP contribution in [0.1, 0.15) is 32.1 Å². The lowest BCUT2D eigenvalue weighted by Gasteiger charge is -2.14. The van der Waals surface area contributed by atoms with Crippen molar-refractivity contribution >= 4 is 39.3 Å². The van der Waals surface area contributed by atoms with Gasteiger partial charge in [0.05, 0.1) is 11.5 Å². The van der Waals surface area contributed by atoms with E-state index < -0.39 is 5.25 Å². The Labute approximate surface area is 131 Å². The highest BCUT2D eigenvalue weighted by Gasteiger charge is 2.20. The maximum atomic E-state index is 12.0. The molecule has 114 valence electrons. The van der Waals surface area contributed by atoms with Crippen molar-refractivity contribution in [1.82, 2.24) is 9.97 Å². The molecule has 2 atom stereocenters. The van der Waals surface area contributed by atoms with E-state index in [0.29, 0.717) is 15.4 Å². The predicted molar refractivity (Wildman–Crippen MR) is 86.1 cm³/mol. The van der Waals surface area contributed by atoms with Gasteiger partial charge in [-0.25, -0.2) is 4.98 Å². The van der Waals surface area contributed by atoms with Crippen LogP contribution >= 0.6 is 23.1 Å². The molecule has 2 unspecified atom stereocenters. The van der Waals surface area contributed by atoms with Crippen LogP contribution in [0.3, 0.4) is 0 Å². The Morgan fingerprint density at radius 2 is 2.24 bits per heavy atom. The number of nitrogens with one attached hydrogen (secondary N) is 1. The van der Waals surface area contributed by atoms with E-state index in [1.54, 1.807) is 6.92 Å². The minimum atomic E-state index is -0.416. The Morgan fingerprint density at radius 1 is 1.52 bits per heavy atom. The van der Waals surface area contributed by atoms with Crippen LogP contribution in [0.4, 0.5) is 0 Å². The van der Waals surface area contributed by atoms with Gasteiger partial charge in [-0.05, 0) is 33.3 Å². The van der Waals surface area contributed by atoms with Gasteiger partial charge in [0, 0.05) is 4.88 Å². The first-order chi connectivity index (χ1) is 9.90. The van der Waals surface area contributed by atoms with Gasteiger partial charge in [0.2, 0.25) is 0 Å². The molecule has 0 aliphatic carbocycles. The van der Waals surface area contributed by atoms with Crippen LogP contribution in [0.5, 0.6) is 0 Å². The number of rotatable bonds is 5. The van der Waals surface area contributed by atoms with E-state index in [1.165, 1.54) is 23.1 Å². The van der Waals surface area contributed by atoms with Crippen LogP contribution in [-0.2, 0) is 9.53 Å². The summed E-state index contributed by atoms with van der Waals surface area (Å²) in [5.74, 6) is -0.292. The van der Waals surface area contributed by atoms with E-state index in [1.807, 2.05) is 26.8 Å². The largest absolute Gasteiger partial charge is 0.462 e. The molecule has 2 rings (SSSR count). The number of carbonyl (C=O) groups excluding carboxylic acids is 1. The van der Waals surface area contributed by atoms with E-state index in [-0.39, 0.29) is 17.6 Å². The van der Waals surface area contributed by atoms with Crippen LogP contribution in [-0.4, -0.2) is 27.3 Å². The first-order valence-electron chi connectivity index (χ1n) is 6.78. The number of esters is 1. The molecule has 0 saturated carbocycles. The average molecular weight is 326 g/mol. The molecule has 0 fully saturated rings. The highest BCUT2D eigenvalue weighted by Crippen LogP contribution is 2.25. The Bertz CT molecular complexity index is 708. The lowest BCUT2D eigenvalue weighted by atomic mass is 10.3. The van der Waals surface area contributed by atoms with Crippen LogP contribution in [0.2, 0.25) is 0 Å². The molecule has 21 heavy (non-hydrogen) atoms. The van der Waals surface area contributed by atoms with Crippen molar-refractivity contribution in [2.45, 2.75) is 50.6 Å². The van der Waals surface area contributed by atoms with Gasteiger partial charge in [0.15, 0.2) is 5.16 Å². The van der Waals surface area contributed by atoms with Crippen molar-refractivity contribution in [1.29, 1.82) is 0 Å². The first kappa shape index (κ1) is 16.0. The molecule has 0 aliphatic heterocycles. The summed E-state index contributed by atoms with van der Waals surface area (Å²) in [6.45, 7) is 7.50. The third-order valence-corrected chi connectivity index (χ3v) is 4.92. The lowest BCUT2D eigenvalue weighted by Crippen LogP contribution is -2.22. The molecule has 2 aromatic rings. The Morgan fingerprint density at radius 3 is 2.90 bits per heavy atom. The Kier molecular flexibility index (Phi) is 5.05. The first-order valence-corrected chi connectivity index (χ1v) is 8.48. The molecule has 2 aromatic heterocycles. The van der Waals surface area contributed by atoms with Gasteiger partial charge in [0.25, 0.3) is 5.56 Å². The summed E-state index contributed by atoms with van der Waals surface area (Å²) in [5.41, 5.74) is -0.172. The van der Waals surface area contributed by atoms with Gasteiger partial charge in [-0.3, -0.25) is 9.59 Å². The van der Waals surface area contributed by atoms with Crippen LogP contribution in [0.25, 0.3) is 10.2 Å². The van der Waals surface area contributed by atoms with Crippen molar-refractivity contribution in [3.63, 3.8) is 0 Å². The zero-order chi connectivity index (χ0) is 15.6. The second-order valence-corrected chi connectivity index (χ2v) is 7.43. The maximum absolute atomic E-state index is 12.0. The van der Waals surface area contributed by atoms with E-state index in [9.17, 15) is 9.59 Å². The summed E-state index contributed by atoms with van der Waals surface area (Å²) in [7, 11) is 0. The van der Waals surface area contributed by atoms with Gasteiger partial charge < -0.3 is 9.72 Å². The molecule has 0 saturated heterocycles. The normalized spacial score (nSPS) is 14.1. The average Bonchev–Trinajstić information content (AvgIpc) is 2.79. The van der Waals surface area contributed by atoms with Crippen LogP contribution < -0.4 is 5.56 Å². The number of aromatic amines is 1. The van der Waals surface area contributed by atoms with Crippen molar-refractivity contribution in [3.05, 3.63) is 21.3 Å². The quantitative estimate of drug-likeness (QED) is 0.519. The highest BCUT2D eigenvalue weighted by atomic mass is 32.2. The van der Waals surface area contributed by atoms with Crippen molar-refractivity contribution < 1.29 is 9.53 Å².